The number of carboxylic acids is 1. The summed E-state index contributed by atoms with van der Waals surface area (Å²) in [6, 6.07) is 4.64. The summed E-state index contributed by atoms with van der Waals surface area (Å²) in [5.74, 6) is -0.818. The Bertz CT molecular complexity index is 1390. The van der Waals surface area contributed by atoms with Gasteiger partial charge in [-0.2, -0.15) is 0 Å². The number of pyridine rings is 1. The van der Waals surface area contributed by atoms with E-state index in [1.54, 1.807) is 16.7 Å². The second-order valence-corrected chi connectivity index (χ2v) is 8.89. The van der Waals surface area contributed by atoms with Crippen molar-refractivity contribution in [2.75, 3.05) is 38.2 Å². The van der Waals surface area contributed by atoms with Gasteiger partial charge in [-0.25, -0.2) is 9.18 Å². The number of nitrogens with one attached hydrogen (secondary N) is 1. The summed E-state index contributed by atoms with van der Waals surface area (Å²) in [4.78, 5) is 28.5. The number of nitrogens with two attached hydrogens (primary N) is 1. The lowest BCUT2D eigenvalue weighted by Crippen LogP contribution is -2.46. The molecule has 2 fully saturated rings. The Morgan fingerprint density at radius 1 is 1.29 bits per heavy atom. The zero-order valence-corrected chi connectivity index (χ0v) is 19.2. The predicted molar refractivity (Wildman–Crippen MR) is 127 cm³/mol. The number of aromatic nitrogens is 1. The van der Waals surface area contributed by atoms with Crippen molar-refractivity contribution in [2.45, 2.75) is 25.4 Å². The van der Waals surface area contributed by atoms with Crippen LogP contribution in [0, 0.1) is 11.2 Å². The fourth-order valence-electron chi connectivity index (χ4n) is 4.68. The van der Waals surface area contributed by atoms with Gasteiger partial charge >= 0.3 is 5.97 Å². The number of aromatic carboxylic acids is 1. The molecule has 184 valence electrons. The number of anilines is 1. The van der Waals surface area contributed by atoms with Gasteiger partial charge in [-0.15, -0.1) is 0 Å². The van der Waals surface area contributed by atoms with E-state index in [1.165, 1.54) is 13.3 Å². The van der Waals surface area contributed by atoms with Crippen LogP contribution in [0.15, 0.2) is 33.6 Å². The van der Waals surface area contributed by atoms with Gasteiger partial charge in [-0.3, -0.25) is 15.1 Å². The van der Waals surface area contributed by atoms with E-state index < -0.39 is 17.2 Å². The molecule has 4 N–H and O–H groups in total. The normalized spacial score (nSPS) is 16.6. The number of nitrogen functional groups attached to an aromatic ring is 1. The van der Waals surface area contributed by atoms with Crippen LogP contribution in [0.5, 0.6) is 5.75 Å². The van der Waals surface area contributed by atoms with Gasteiger partial charge in [0.25, 0.3) is 0 Å². The summed E-state index contributed by atoms with van der Waals surface area (Å²) in [6.45, 7) is 2.83. The number of hydrogen-bond acceptors (Lipinski definition) is 7. The van der Waals surface area contributed by atoms with Crippen LogP contribution < -0.4 is 20.8 Å². The van der Waals surface area contributed by atoms with E-state index in [0.717, 1.165) is 18.9 Å². The van der Waals surface area contributed by atoms with Crippen LogP contribution in [0.3, 0.4) is 0 Å². The molecule has 0 amide bonds. The monoisotopic (exact) mass is 483 g/mol. The van der Waals surface area contributed by atoms with Crippen molar-refractivity contribution >= 4 is 28.4 Å². The highest BCUT2D eigenvalue weighted by Crippen LogP contribution is 2.43. The molecule has 0 spiro atoms. The van der Waals surface area contributed by atoms with Gasteiger partial charge in [-0.05, 0) is 31.0 Å². The molecule has 0 radical (unpaired) electrons. The molecule has 10 nitrogen and oxygen atoms in total. The Balaban J connectivity index is 1.47. The van der Waals surface area contributed by atoms with E-state index in [4.69, 9.17) is 20.3 Å². The Morgan fingerprint density at radius 2 is 2.00 bits per heavy atom. The first-order valence-corrected chi connectivity index (χ1v) is 11.4. The number of ether oxygens (including phenoxy) is 1. The molecular formula is C24H26FN5O5. The number of furan rings is 1. The summed E-state index contributed by atoms with van der Waals surface area (Å²) in [5, 5.41) is 17.0. The topological polar surface area (TPSA) is 138 Å². The maximum Gasteiger partial charge on any atom is 0.341 e. The van der Waals surface area contributed by atoms with E-state index in [1.807, 2.05) is 4.90 Å². The molecule has 2 aliphatic rings. The van der Waals surface area contributed by atoms with Crippen LogP contribution in [-0.4, -0.2) is 59.7 Å². The number of hydrogen-bond donors (Lipinski definition) is 3. The van der Waals surface area contributed by atoms with E-state index >= 15 is 4.39 Å². The number of fused-ring (bicyclic) bond motifs is 1. The average Bonchev–Trinajstić information content (AvgIpc) is 3.56. The fourth-order valence-corrected chi connectivity index (χ4v) is 4.68. The minimum atomic E-state index is -1.34. The van der Waals surface area contributed by atoms with Crippen LogP contribution in [0.1, 0.15) is 40.8 Å². The Labute approximate surface area is 199 Å². The van der Waals surface area contributed by atoms with Gasteiger partial charge < -0.3 is 29.5 Å². The first kappa shape index (κ1) is 22.9. The molecule has 1 aliphatic heterocycles. The van der Waals surface area contributed by atoms with Crippen LogP contribution in [0.25, 0.3) is 10.9 Å². The number of piperazine rings is 1. The lowest BCUT2D eigenvalue weighted by atomic mass is 10.1. The number of rotatable bonds is 7. The zero-order valence-electron chi connectivity index (χ0n) is 19.2. The number of carbonyl (C=O) groups is 1. The van der Waals surface area contributed by atoms with Crippen LogP contribution in [-0.2, 0) is 6.54 Å². The molecule has 0 unspecified atom stereocenters. The molecule has 3 heterocycles. The first-order valence-electron chi connectivity index (χ1n) is 11.4. The Hall–Kier alpha value is -3.86. The van der Waals surface area contributed by atoms with E-state index in [9.17, 15) is 14.7 Å². The lowest BCUT2D eigenvalue weighted by Gasteiger charge is -2.36. The molecule has 1 saturated carbocycles. The van der Waals surface area contributed by atoms with E-state index in [2.05, 4.69) is 4.90 Å². The third kappa shape index (κ3) is 4.12. The molecule has 1 aliphatic carbocycles. The summed E-state index contributed by atoms with van der Waals surface area (Å²) in [5.41, 5.74) is 5.06. The van der Waals surface area contributed by atoms with Crippen molar-refractivity contribution in [2.24, 2.45) is 5.73 Å². The second-order valence-electron chi connectivity index (χ2n) is 8.89. The van der Waals surface area contributed by atoms with Crippen molar-refractivity contribution in [3.8, 4) is 5.75 Å². The maximum atomic E-state index is 15.5. The van der Waals surface area contributed by atoms with E-state index in [0.29, 0.717) is 49.8 Å². The second kappa shape index (κ2) is 8.73. The van der Waals surface area contributed by atoms with Crippen molar-refractivity contribution in [1.82, 2.24) is 9.47 Å². The number of carboxylic acid groups (broad SMARTS) is 1. The molecule has 5 rings (SSSR count). The molecule has 3 aromatic rings. The van der Waals surface area contributed by atoms with Gasteiger partial charge in [0.05, 0.1) is 24.6 Å². The number of amidine groups is 1. The van der Waals surface area contributed by atoms with Crippen LogP contribution in [0.4, 0.5) is 10.1 Å². The lowest BCUT2D eigenvalue weighted by molar-refractivity contribution is 0.0694. The molecule has 2 aromatic heterocycles. The highest BCUT2D eigenvalue weighted by Gasteiger charge is 2.32. The molecule has 1 aromatic carbocycles. The third-order valence-corrected chi connectivity index (χ3v) is 6.57. The molecule has 1 saturated heterocycles. The summed E-state index contributed by atoms with van der Waals surface area (Å²) in [6.07, 6.45) is 3.05. The average molecular weight is 484 g/mol. The van der Waals surface area contributed by atoms with Crippen LogP contribution in [0.2, 0.25) is 0 Å². The van der Waals surface area contributed by atoms with Crippen molar-refractivity contribution in [3.05, 3.63) is 57.5 Å². The summed E-state index contributed by atoms with van der Waals surface area (Å²) in [7, 11) is 1.43. The van der Waals surface area contributed by atoms with Gasteiger partial charge in [0.1, 0.15) is 17.0 Å². The molecule has 0 bridgehead atoms. The maximum absolute atomic E-state index is 15.5. The number of methoxy groups -OCH3 is 1. The standard InChI is InChI=1S/C24H26FN5O5/c1-34-22-19-15(21(31)16(24(32)33)12-30(19)13-2-3-13)10-17(25)20(22)29-8-6-28(7-9-29)11-14-4-5-18(35-14)23(26)27/h4-5,10,12-13H,2-3,6-9,11H2,1H3,(H3,26,27)(H,32,33). The predicted octanol–water partition coefficient (Wildman–Crippen LogP) is 2.38. The molecule has 0 atom stereocenters. The minimum Gasteiger partial charge on any atom is -0.492 e. The summed E-state index contributed by atoms with van der Waals surface area (Å²) < 4.78 is 28.5. The number of nitrogens with zero attached hydrogens (tertiary/aromatic N) is 3. The fraction of sp³-hybridized carbons (Fsp3) is 0.375. The van der Waals surface area contributed by atoms with Crippen molar-refractivity contribution in [3.63, 3.8) is 0 Å². The largest absolute Gasteiger partial charge is 0.492 e. The third-order valence-electron chi connectivity index (χ3n) is 6.57. The smallest absolute Gasteiger partial charge is 0.341 e. The molecular weight excluding hydrogens is 457 g/mol. The van der Waals surface area contributed by atoms with Crippen molar-refractivity contribution in [1.29, 1.82) is 5.41 Å². The SMILES string of the molecule is COc1c(N2CCN(Cc3ccc(C(=N)N)o3)CC2)c(F)cc2c(=O)c(C(=O)O)cn(C3CC3)c12. The zero-order chi connectivity index (χ0) is 24.9. The first-order chi connectivity index (χ1) is 16.8. The van der Waals surface area contributed by atoms with Gasteiger partial charge in [0.2, 0.25) is 5.43 Å². The van der Waals surface area contributed by atoms with Crippen molar-refractivity contribution < 1.29 is 23.4 Å². The van der Waals surface area contributed by atoms with Gasteiger partial charge in [0.15, 0.2) is 23.2 Å². The van der Waals surface area contributed by atoms with Gasteiger partial charge in [-0.1, -0.05) is 0 Å². The van der Waals surface area contributed by atoms with Gasteiger partial charge in [0, 0.05) is 38.4 Å². The number of benzene rings is 1. The van der Waals surface area contributed by atoms with Crippen LogP contribution >= 0.6 is 0 Å². The Morgan fingerprint density at radius 3 is 2.57 bits per heavy atom. The highest BCUT2D eigenvalue weighted by molar-refractivity contribution is 5.97. The highest BCUT2D eigenvalue weighted by atomic mass is 19.1. The Kier molecular flexibility index (Phi) is 5.72. The minimum absolute atomic E-state index is 0.00707. The number of halogens is 1. The quantitative estimate of drug-likeness (QED) is 0.344. The molecule has 11 heteroatoms. The van der Waals surface area contributed by atoms with E-state index in [-0.39, 0.29) is 34.3 Å². The molecule has 35 heavy (non-hydrogen) atoms. The summed E-state index contributed by atoms with van der Waals surface area (Å²) >= 11 is 0.